The summed E-state index contributed by atoms with van der Waals surface area (Å²) in [7, 11) is 0. The van der Waals surface area contributed by atoms with Gasteiger partial charge in [0.15, 0.2) is 5.16 Å². The van der Waals surface area contributed by atoms with E-state index in [2.05, 4.69) is 16.9 Å². The van der Waals surface area contributed by atoms with Crippen LogP contribution in [0.25, 0.3) is 10.2 Å². The maximum absolute atomic E-state index is 12.6. The molecule has 3 rings (SSSR count). The van der Waals surface area contributed by atoms with Crippen molar-refractivity contribution in [1.29, 1.82) is 0 Å². The predicted molar refractivity (Wildman–Crippen MR) is 104 cm³/mol. The number of carbonyl (C=O) groups excluding carboxylic acids is 1. The molecule has 2 aromatic rings. The zero-order valence-electron chi connectivity index (χ0n) is 15.3. The lowest BCUT2D eigenvalue weighted by Gasteiger charge is -2.17. The first-order chi connectivity index (χ1) is 12.5. The van der Waals surface area contributed by atoms with E-state index in [-0.39, 0.29) is 18.1 Å². The fraction of sp³-hybridized carbons (Fsp3) is 0.611. The van der Waals surface area contributed by atoms with E-state index in [9.17, 15) is 9.59 Å². The number of ether oxygens (including phenoxy) is 2. The van der Waals surface area contributed by atoms with Crippen molar-refractivity contribution in [2.75, 3.05) is 19.8 Å². The molecule has 0 aromatic carbocycles. The summed E-state index contributed by atoms with van der Waals surface area (Å²) in [5.41, 5.74) is 1.05. The highest BCUT2D eigenvalue weighted by atomic mass is 32.2. The zero-order chi connectivity index (χ0) is 18.7. The highest BCUT2D eigenvalue weighted by Crippen LogP contribution is 2.36. The number of H-pyrrole nitrogens is 1. The van der Waals surface area contributed by atoms with E-state index in [1.54, 1.807) is 18.3 Å². The third kappa shape index (κ3) is 4.29. The van der Waals surface area contributed by atoms with Gasteiger partial charge in [0.25, 0.3) is 5.56 Å². The van der Waals surface area contributed by atoms with Gasteiger partial charge < -0.3 is 14.5 Å². The van der Waals surface area contributed by atoms with E-state index in [0.717, 1.165) is 35.0 Å². The van der Waals surface area contributed by atoms with Gasteiger partial charge in [-0.1, -0.05) is 18.7 Å². The lowest BCUT2D eigenvalue weighted by Crippen LogP contribution is -2.20. The van der Waals surface area contributed by atoms with Crippen molar-refractivity contribution >= 4 is 39.3 Å². The summed E-state index contributed by atoms with van der Waals surface area (Å²) in [5, 5.41) is 0.739. The number of aryl methyl sites for hydroxylation is 1. The van der Waals surface area contributed by atoms with E-state index in [0.29, 0.717) is 24.3 Å². The van der Waals surface area contributed by atoms with Gasteiger partial charge in [0.2, 0.25) is 0 Å². The molecule has 8 heteroatoms. The van der Waals surface area contributed by atoms with E-state index in [1.807, 2.05) is 6.92 Å². The second kappa shape index (κ2) is 8.54. The molecule has 0 radical (unpaired) electrons. The number of fused-ring (bicyclic) bond motifs is 3. The molecule has 0 spiro atoms. The van der Waals surface area contributed by atoms with E-state index < -0.39 is 5.25 Å². The molecule has 0 bridgehead atoms. The van der Waals surface area contributed by atoms with Crippen LogP contribution in [0.2, 0.25) is 0 Å². The minimum atomic E-state index is -0.452. The number of hydrogen-bond acceptors (Lipinski definition) is 7. The lowest BCUT2D eigenvalue weighted by atomic mass is 9.89. The summed E-state index contributed by atoms with van der Waals surface area (Å²) >= 11 is 2.83. The SMILES string of the molecule is CCOCCOC(=O)[C@H](C)Sc1nc2sc3c(c2c(=O)[nH]1)CC[C@@H](C)C3. The molecule has 1 N–H and O–H groups in total. The first-order valence-corrected chi connectivity index (χ1v) is 10.6. The van der Waals surface area contributed by atoms with Gasteiger partial charge in [-0.2, -0.15) is 0 Å². The number of nitrogens with zero attached hydrogens (tertiary/aromatic N) is 1. The molecule has 142 valence electrons. The summed E-state index contributed by atoms with van der Waals surface area (Å²) in [6.45, 7) is 7.10. The highest BCUT2D eigenvalue weighted by Gasteiger charge is 2.24. The van der Waals surface area contributed by atoms with Gasteiger partial charge in [0, 0.05) is 11.5 Å². The lowest BCUT2D eigenvalue weighted by molar-refractivity contribution is -0.144. The van der Waals surface area contributed by atoms with Gasteiger partial charge in [-0.05, 0) is 44.6 Å². The standard InChI is InChI=1S/C18H24N2O4S2/c1-4-23-7-8-24-17(22)11(3)25-18-19-15(21)14-12-6-5-10(2)9-13(12)26-16(14)20-18/h10-11H,4-9H2,1-3H3,(H,19,20,21)/t10-,11+/m1/s1. The number of nitrogens with one attached hydrogen (secondary N) is 1. The molecule has 0 unspecified atom stereocenters. The normalized spacial score (nSPS) is 17.9. The average molecular weight is 397 g/mol. The Morgan fingerprint density at radius 3 is 3.04 bits per heavy atom. The van der Waals surface area contributed by atoms with Crippen molar-refractivity contribution in [3.05, 3.63) is 20.8 Å². The second-order valence-electron chi connectivity index (χ2n) is 6.53. The topological polar surface area (TPSA) is 81.3 Å². The molecule has 2 aromatic heterocycles. The summed E-state index contributed by atoms with van der Waals surface area (Å²) in [5.74, 6) is 0.312. The van der Waals surface area contributed by atoms with Crippen LogP contribution in [0.5, 0.6) is 0 Å². The Kier molecular flexibility index (Phi) is 6.37. The first kappa shape index (κ1) is 19.4. The van der Waals surface area contributed by atoms with Crippen molar-refractivity contribution in [2.24, 2.45) is 5.92 Å². The number of aromatic nitrogens is 2. The number of esters is 1. The molecule has 0 saturated carbocycles. The van der Waals surface area contributed by atoms with Gasteiger partial charge in [-0.25, -0.2) is 4.98 Å². The minimum Gasteiger partial charge on any atom is -0.462 e. The molecular formula is C18H24N2O4S2. The van der Waals surface area contributed by atoms with Gasteiger partial charge in [-0.3, -0.25) is 9.59 Å². The van der Waals surface area contributed by atoms with Crippen molar-refractivity contribution in [3.63, 3.8) is 0 Å². The third-order valence-corrected chi connectivity index (χ3v) is 6.55. The number of hydrogen-bond donors (Lipinski definition) is 1. The Balaban J connectivity index is 1.73. The van der Waals surface area contributed by atoms with E-state index >= 15 is 0 Å². The van der Waals surface area contributed by atoms with Crippen LogP contribution in [0, 0.1) is 5.92 Å². The van der Waals surface area contributed by atoms with Crippen LogP contribution in [-0.4, -0.2) is 41.0 Å². The van der Waals surface area contributed by atoms with Crippen LogP contribution < -0.4 is 5.56 Å². The van der Waals surface area contributed by atoms with E-state index in [4.69, 9.17) is 9.47 Å². The van der Waals surface area contributed by atoms with Crippen LogP contribution in [0.15, 0.2) is 9.95 Å². The van der Waals surface area contributed by atoms with Gasteiger partial charge in [0.1, 0.15) is 16.7 Å². The average Bonchev–Trinajstić information content (AvgIpc) is 2.96. The monoisotopic (exact) mass is 396 g/mol. The molecule has 0 saturated heterocycles. The minimum absolute atomic E-state index is 0.110. The maximum Gasteiger partial charge on any atom is 0.319 e. The number of carbonyl (C=O) groups is 1. The fourth-order valence-corrected chi connectivity index (χ4v) is 5.30. The van der Waals surface area contributed by atoms with Crippen molar-refractivity contribution in [3.8, 4) is 0 Å². The van der Waals surface area contributed by atoms with Crippen LogP contribution in [0.3, 0.4) is 0 Å². The second-order valence-corrected chi connectivity index (χ2v) is 8.94. The van der Waals surface area contributed by atoms with E-state index in [1.165, 1.54) is 16.6 Å². The third-order valence-electron chi connectivity index (χ3n) is 4.44. The number of thioether (sulfide) groups is 1. The Labute approximate surface area is 160 Å². The summed E-state index contributed by atoms with van der Waals surface area (Å²) in [4.78, 5) is 34.1. The largest absolute Gasteiger partial charge is 0.462 e. The molecule has 0 fully saturated rings. The van der Waals surface area contributed by atoms with Gasteiger partial charge >= 0.3 is 5.97 Å². The van der Waals surface area contributed by atoms with Crippen molar-refractivity contribution in [1.82, 2.24) is 9.97 Å². The zero-order valence-corrected chi connectivity index (χ0v) is 16.9. The smallest absolute Gasteiger partial charge is 0.319 e. The Morgan fingerprint density at radius 1 is 1.46 bits per heavy atom. The van der Waals surface area contributed by atoms with Crippen LogP contribution >= 0.6 is 23.1 Å². The predicted octanol–water partition coefficient (Wildman–Crippen LogP) is 3.17. The number of thiophene rings is 1. The Morgan fingerprint density at radius 2 is 2.27 bits per heavy atom. The molecule has 6 nitrogen and oxygen atoms in total. The molecule has 0 amide bonds. The quantitative estimate of drug-likeness (QED) is 0.335. The molecular weight excluding hydrogens is 372 g/mol. The van der Waals surface area contributed by atoms with Crippen LogP contribution in [-0.2, 0) is 27.1 Å². The Bertz CT molecular complexity index is 846. The Hall–Kier alpha value is -1.38. The van der Waals surface area contributed by atoms with Crippen molar-refractivity contribution < 1.29 is 14.3 Å². The molecule has 1 aliphatic rings. The number of aromatic amines is 1. The number of rotatable bonds is 7. The molecule has 2 heterocycles. The van der Waals surface area contributed by atoms with Crippen molar-refractivity contribution in [2.45, 2.75) is 50.4 Å². The molecule has 0 aliphatic heterocycles. The molecule has 26 heavy (non-hydrogen) atoms. The summed E-state index contributed by atoms with van der Waals surface area (Å²) in [6, 6.07) is 0. The molecule has 2 atom stereocenters. The van der Waals surface area contributed by atoms with Crippen LogP contribution in [0.4, 0.5) is 0 Å². The van der Waals surface area contributed by atoms with Gasteiger partial charge in [0.05, 0.1) is 12.0 Å². The molecule has 1 aliphatic carbocycles. The fourth-order valence-electron chi connectivity index (χ4n) is 3.06. The van der Waals surface area contributed by atoms with Gasteiger partial charge in [-0.15, -0.1) is 11.3 Å². The first-order valence-electron chi connectivity index (χ1n) is 8.95. The highest BCUT2D eigenvalue weighted by molar-refractivity contribution is 8.00. The summed E-state index contributed by atoms with van der Waals surface area (Å²) in [6.07, 6.45) is 3.07. The summed E-state index contributed by atoms with van der Waals surface area (Å²) < 4.78 is 10.3. The maximum atomic E-state index is 12.6. The van der Waals surface area contributed by atoms with Crippen LogP contribution in [0.1, 0.15) is 37.6 Å².